The minimum Gasteiger partial charge on any atom is -0.469 e. The van der Waals surface area contributed by atoms with Crippen LogP contribution < -0.4 is 11.1 Å². The Morgan fingerprint density at radius 3 is 3.05 bits per heavy atom. The SMILES string of the molecule is Cc1[nH]nc2ccc(NC(=O)C(CCN)c3ccco3)cc12. The van der Waals surface area contributed by atoms with E-state index in [0.29, 0.717) is 18.7 Å². The number of hydrogen-bond donors (Lipinski definition) is 3. The van der Waals surface area contributed by atoms with Crippen LogP contribution in [0.25, 0.3) is 10.9 Å². The molecule has 22 heavy (non-hydrogen) atoms. The topological polar surface area (TPSA) is 96.9 Å². The van der Waals surface area contributed by atoms with Crippen molar-refractivity contribution in [2.75, 3.05) is 11.9 Å². The van der Waals surface area contributed by atoms with Crippen LogP contribution in [0.4, 0.5) is 5.69 Å². The molecule has 0 aliphatic rings. The molecule has 3 rings (SSSR count). The number of rotatable bonds is 5. The summed E-state index contributed by atoms with van der Waals surface area (Å²) in [5.41, 5.74) is 8.19. The van der Waals surface area contributed by atoms with E-state index in [9.17, 15) is 4.79 Å². The van der Waals surface area contributed by atoms with Crippen molar-refractivity contribution in [3.05, 3.63) is 48.0 Å². The van der Waals surface area contributed by atoms with Gasteiger partial charge in [0.25, 0.3) is 0 Å². The third kappa shape index (κ3) is 2.73. The highest BCUT2D eigenvalue weighted by Gasteiger charge is 2.22. The number of carbonyl (C=O) groups excluding carboxylic acids is 1. The second-order valence-corrected chi connectivity index (χ2v) is 5.22. The minimum absolute atomic E-state index is 0.124. The van der Waals surface area contributed by atoms with Crippen molar-refractivity contribution >= 4 is 22.5 Å². The molecular weight excluding hydrogens is 280 g/mol. The summed E-state index contributed by atoms with van der Waals surface area (Å²) in [6.45, 7) is 2.36. The summed E-state index contributed by atoms with van der Waals surface area (Å²) in [4.78, 5) is 12.5. The van der Waals surface area contributed by atoms with Gasteiger partial charge in [-0.05, 0) is 50.2 Å². The molecule has 0 aliphatic heterocycles. The quantitative estimate of drug-likeness (QED) is 0.674. The first kappa shape index (κ1) is 14.3. The number of amides is 1. The van der Waals surface area contributed by atoms with Crippen LogP contribution in [0.2, 0.25) is 0 Å². The molecule has 1 unspecified atom stereocenters. The monoisotopic (exact) mass is 298 g/mol. The third-order valence-corrected chi connectivity index (χ3v) is 3.67. The summed E-state index contributed by atoms with van der Waals surface area (Å²) < 4.78 is 5.35. The van der Waals surface area contributed by atoms with Gasteiger partial charge < -0.3 is 15.5 Å². The van der Waals surface area contributed by atoms with E-state index in [1.54, 1.807) is 18.4 Å². The summed E-state index contributed by atoms with van der Waals surface area (Å²) in [7, 11) is 0. The molecule has 3 aromatic rings. The zero-order chi connectivity index (χ0) is 15.5. The van der Waals surface area contributed by atoms with Gasteiger partial charge in [0, 0.05) is 16.8 Å². The maximum absolute atomic E-state index is 12.5. The van der Waals surface area contributed by atoms with Crippen molar-refractivity contribution in [2.24, 2.45) is 5.73 Å². The molecule has 114 valence electrons. The summed E-state index contributed by atoms with van der Waals surface area (Å²) >= 11 is 0. The van der Waals surface area contributed by atoms with Crippen molar-refractivity contribution in [3.63, 3.8) is 0 Å². The summed E-state index contributed by atoms with van der Waals surface area (Å²) in [6.07, 6.45) is 2.10. The fraction of sp³-hybridized carbons (Fsp3) is 0.250. The number of furan rings is 1. The van der Waals surface area contributed by atoms with Crippen LogP contribution >= 0.6 is 0 Å². The van der Waals surface area contributed by atoms with E-state index in [2.05, 4.69) is 15.5 Å². The van der Waals surface area contributed by atoms with E-state index < -0.39 is 0 Å². The van der Waals surface area contributed by atoms with Gasteiger partial charge in [-0.1, -0.05) is 0 Å². The van der Waals surface area contributed by atoms with Crippen LogP contribution in [0.1, 0.15) is 23.8 Å². The standard InChI is InChI=1S/C16H18N4O2/c1-10-13-9-11(4-5-14(13)20-19-10)18-16(21)12(6-7-17)15-3-2-8-22-15/h2-5,8-9,12H,6-7,17H2,1H3,(H,18,21)(H,19,20). The lowest BCUT2D eigenvalue weighted by Crippen LogP contribution is -2.23. The number of aryl methyl sites for hydroxylation is 1. The molecule has 1 aromatic carbocycles. The Hall–Kier alpha value is -2.60. The summed E-state index contributed by atoms with van der Waals surface area (Å²) in [5.74, 6) is 0.116. The Kier molecular flexibility index (Phi) is 3.93. The molecule has 6 heteroatoms. The van der Waals surface area contributed by atoms with Gasteiger partial charge in [0.1, 0.15) is 5.76 Å². The van der Waals surface area contributed by atoms with Crippen molar-refractivity contribution in [1.29, 1.82) is 0 Å². The second kappa shape index (κ2) is 6.03. The average molecular weight is 298 g/mol. The minimum atomic E-state index is -0.388. The number of anilines is 1. The van der Waals surface area contributed by atoms with Crippen LogP contribution in [0.3, 0.4) is 0 Å². The maximum Gasteiger partial charge on any atom is 0.235 e. The largest absolute Gasteiger partial charge is 0.469 e. The lowest BCUT2D eigenvalue weighted by molar-refractivity contribution is -0.118. The van der Waals surface area contributed by atoms with E-state index in [-0.39, 0.29) is 11.8 Å². The molecule has 4 N–H and O–H groups in total. The molecule has 0 bridgehead atoms. The lowest BCUT2D eigenvalue weighted by atomic mass is 10.0. The van der Waals surface area contributed by atoms with Crippen LogP contribution in [0.15, 0.2) is 41.0 Å². The normalized spacial score (nSPS) is 12.5. The van der Waals surface area contributed by atoms with Gasteiger partial charge in [0.15, 0.2) is 0 Å². The molecule has 2 heterocycles. The fourth-order valence-corrected chi connectivity index (χ4v) is 2.50. The molecule has 0 radical (unpaired) electrons. The number of nitrogens with one attached hydrogen (secondary N) is 2. The van der Waals surface area contributed by atoms with Gasteiger partial charge in [-0.25, -0.2) is 0 Å². The van der Waals surface area contributed by atoms with Gasteiger partial charge in [0.05, 0.1) is 17.7 Å². The van der Waals surface area contributed by atoms with E-state index in [4.69, 9.17) is 10.2 Å². The van der Waals surface area contributed by atoms with E-state index in [1.807, 2.05) is 25.1 Å². The summed E-state index contributed by atoms with van der Waals surface area (Å²) in [6, 6.07) is 9.19. The molecule has 1 atom stereocenters. The first-order valence-corrected chi connectivity index (χ1v) is 7.18. The Morgan fingerprint density at radius 1 is 1.45 bits per heavy atom. The molecule has 0 aliphatic carbocycles. The molecule has 1 amide bonds. The van der Waals surface area contributed by atoms with E-state index >= 15 is 0 Å². The van der Waals surface area contributed by atoms with Crippen molar-refractivity contribution in [2.45, 2.75) is 19.3 Å². The maximum atomic E-state index is 12.5. The number of hydrogen-bond acceptors (Lipinski definition) is 4. The molecule has 2 aromatic heterocycles. The predicted octanol–water partition coefficient (Wildman–Crippen LogP) is 2.54. The lowest BCUT2D eigenvalue weighted by Gasteiger charge is -2.14. The Balaban J connectivity index is 1.82. The zero-order valence-electron chi connectivity index (χ0n) is 12.3. The van der Waals surface area contributed by atoms with Gasteiger partial charge in [0.2, 0.25) is 5.91 Å². The predicted molar refractivity (Wildman–Crippen MR) is 84.6 cm³/mol. The first-order chi connectivity index (χ1) is 10.7. The highest BCUT2D eigenvalue weighted by Crippen LogP contribution is 2.24. The second-order valence-electron chi connectivity index (χ2n) is 5.22. The van der Waals surface area contributed by atoms with Gasteiger partial charge in [-0.15, -0.1) is 0 Å². The Labute approximate surface area is 127 Å². The number of carbonyl (C=O) groups is 1. The third-order valence-electron chi connectivity index (χ3n) is 3.67. The van der Waals surface area contributed by atoms with Crippen molar-refractivity contribution in [3.8, 4) is 0 Å². The molecule has 0 spiro atoms. The van der Waals surface area contributed by atoms with Gasteiger partial charge >= 0.3 is 0 Å². The van der Waals surface area contributed by atoms with Crippen LogP contribution in [0, 0.1) is 6.92 Å². The van der Waals surface area contributed by atoms with Gasteiger partial charge in [-0.2, -0.15) is 5.10 Å². The van der Waals surface area contributed by atoms with Crippen LogP contribution in [-0.4, -0.2) is 22.6 Å². The van der Waals surface area contributed by atoms with Crippen LogP contribution in [0.5, 0.6) is 0 Å². The average Bonchev–Trinajstić information content (AvgIpc) is 3.15. The molecular formula is C16H18N4O2. The highest BCUT2D eigenvalue weighted by molar-refractivity contribution is 5.97. The summed E-state index contributed by atoms with van der Waals surface area (Å²) in [5, 5.41) is 11.0. The van der Waals surface area contributed by atoms with E-state index in [1.165, 1.54) is 0 Å². The van der Waals surface area contributed by atoms with E-state index in [0.717, 1.165) is 22.3 Å². The Morgan fingerprint density at radius 2 is 2.32 bits per heavy atom. The van der Waals surface area contributed by atoms with Crippen LogP contribution in [-0.2, 0) is 4.79 Å². The Bertz CT molecular complexity index is 777. The zero-order valence-corrected chi connectivity index (χ0v) is 12.3. The fourth-order valence-electron chi connectivity index (χ4n) is 2.50. The number of aromatic nitrogens is 2. The molecule has 0 saturated heterocycles. The molecule has 0 fully saturated rings. The van der Waals surface area contributed by atoms with Crippen molar-refractivity contribution < 1.29 is 9.21 Å². The number of benzene rings is 1. The highest BCUT2D eigenvalue weighted by atomic mass is 16.3. The first-order valence-electron chi connectivity index (χ1n) is 7.18. The number of H-pyrrole nitrogens is 1. The number of nitrogens with zero attached hydrogens (tertiary/aromatic N) is 1. The smallest absolute Gasteiger partial charge is 0.235 e. The van der Waals surface area contributed by atoms with Gasteiger partial charge in [-0.3, -0.25) is 9.89 Å². The number of nitrogens with two attached hydrogens (primary N) is 1. The molecule has 6 nitrogen and oxygen atoms in total. The van der Waals surface area contributed by atoms with Crippen molar-refractivity contribution in [1.82, 2.24) is 10.2 Å². The number of fused-ring (bicyclic) bond motifs is 1. The molecule has 0 saturated carbocycles. The number of aromatic amines is 1.